The summed E-state index contributed by atoms with van der Waals surface area (Å²) in [5.41, 5.74) is 1.89. The Hall–Kier alpha value is -3.55. The number of hydrogen-bond donors (Lipinski definition) is 2. The number of amides is 3. The molecule has 1 heterocycles. The van der Waals surface area contributed by atoms with E-state index < -0.39 is 0 Å². The van der Waals surface area contributed by atoms with Gasteiger partial charge in [-0.1, -0.05) is 0 Å². The summed E-state index contributed by atoms with van der Waals surface area (Å²) < 4.78 is 10.5. The van der Waals surface area contributed by atoms with E-state index in [1.165, 1.54) is 18.7 Å². The topological polar surface area (TPSA) is 97.0 Å². The molecule has 8 nitrogen and oxygen atoms in total. The highest BCUT2D eigenvalue weighted by Gasteiger charge is 2.16. The third-order valence-electron chi connectivity index (χ3n) is 4.10. The molecular weight excluding hydrogens is 362 g/mol. The van der Waals surface area contributed by atoms with Gasteiger partial charge < -0.3 is 25.0 Å². The molecule has 0 atom stereocenters. The second-order valence-electron chi connectivity index (χ2n) is 6.26. The van der Waals surface area contributed by atoms with Crippen LogP contribution in [0.1, 0.15) is 20.3 Å². The molecule has 8 heteroatoms. The van der Waals surface area contributed by atoms with Crippen molar-refractivity contribution < 1.29 is 23.9 Å². The Bertz CT molecular complexity index is 895. The Morgan fingerprint density at radius 3 is 2.29 bits per heavy atom. The molecule has 0 unspecified atom stereocenters. The summed E-state index contributed by atoms with van der Waals surface area (Å²) in [7, 11) is 0. The number of ether oxygens (including phenoxy) is 2. The second kappa shape index (κ2) is 8.43. The smallest absolute Gasteiger partial charge is 0.231 e. The van der Waals surface area contributed by atoms with Gasteiger partial charge in [0.15, 0.2) is 11.5 Å². The molecule has 28 heavy (non-hydrogen) atoms. The third kappa shape index (κ3) is 4.79. The van der Waals surface area contributed by atoms with Crippen LogP contribution in [0.25, 0.3) is 0 Å². The molecule has 2 aromatic carbocycles. The molecule has 3 amide bonds. The molecule has 0 saturated heterocycles. The molecule has 2 aromatic rings. The summed E-state index contributed by atoms with van der Waals surface area (Å²) in [6.45, 7) is 3.26. The summed E-state index contributed by atoms with van der Waals surface area (Å²) in [5, 5.41) is 5.46. The number of fused-ring (bicyclic) bond motifs is 1. The third-order valence-corrected chi connectivity index (χ3v) is 4.10. The van der Waals surface area contributed by atoms with Crippen LogP contribution in [0.4, 0.5) is 17.1 Å². The summed E-state index contributed by atoms with van der Waals surface area (Å²) in [6, 6.07) is 12.0. The molecule has 2 N–H and O–H groups in total. The van der Waals surface area contributed by atoms with Crippen molar-refractivity contribution in [2.24, 2.45) is 0 Å². The van der Waals surface area contributed by atoms with Crippen LogP contribution in [0.3, 0.4) is 0 Å². The van der Waals surface area contributed by atoms with Gasteiger partial charge in [-0.05, 0) is 36.4 Å². The first-order chi connectivity index (χ1) is 13.4. The number of anilines is 3. The van der Waals surface area contributed by atoms with E-state index in [0.717, 1.165) is 0 Å². The van der Waals surface area contributed by atoms with Gasteiger partial charge in [0.25, 0.3) is 0 Å². The molecule has 0 aliphatic carbocycles. The van der Waals surface area contributed by atoms with Crippen molar-refractivity contribution in [3.05, 3.63) is 42.5 Å². The lowest BCUT2D eigenvalue weighted by Crippen LogP contribution is -2.31. The quantitative estimate of drug-likeness (QED) is 0.799. The number of hydrogen-bond acceptors (Lipinski definition) is 5. The number of carbonyl (C=O) groups excluding carboxylic acids is 3. The van der Waals surface area contributed by atoms with Gasteiger partial charge in [-0.15, -0.1) is 0 Å². The van der Waals surface area contributed by atoms with Crippen molar-refractivity contribution in [1.82, 2.24) is 0 Å². The highest BCUT2D eigenvalue weighted by molar-refractivity contribution is 5.95. The summed E-state index contributed by atoms with van der Waals surface area (Å²) >= 11 is 0. The Labute approximate surface area is 162 Å². The molecule has 3 rings (SSSR count). The van der Waals surface area contributed by atoms with Crippen molar-refractivity contribution in [3.8, 4) is 11.5 Å². The second-order valence-corrected chi connectivity index (χ2v) is 6.26. The minimum atomic E-state index is -0.222. The van der Waals surface area contributed by atoms with Crippen molar-refractivity contribution in [3.63, 3.8) is 0 Å². The average molecular weight is 383 g/mol. The van der Waals surface area contributed by atoms with Gasteiger partial charge in [-0.2, -0.15) is 0 Å². The van der Waals surface area contributed by atoms with Gasteiger partial charge in [0.1, 0.15) is 0 Å². The van der Waals surface area contributed by atoms with E-state index >= 15 is 0 Å². The zero-order valence-corrected chi connectivity index (χ0v) is 15.7. The molecule has 0 fully saturated rings. The molecule has 1 aliphatic heterocycles. The number of nitrogens with one attached hydrogen (secondary N) is 2. The number of carbonyl (C=O) groups is 3. The summed E-state index contributed by atoms with van der Waals surface area (Å²) in [6.07, 6.45) is 0.126. The van der Waals surface area contributed by atoms with Crippen LogP contribution in [-0.4, -0.2) is 31.1 Å². The summed E-state index contributed by atoms with van der Waals surface area (Å²) in [5.74, 6) is 0.658. The monoisotopic (exact) mass is 383 g/mol. The Morgan fingerprint density at radius 2 is 1.61 bits per heavy atom. The van der Waals surface area contributed by atoms with Gasteiger partial charge in [0, 0.05) is 49.9 Å². The van der Waals surface area contributed by atoms with E-state index in [1.807, 2.05) is 0 Å². The lowest BCUT2D eigenvalue weighted by molar-refractivity contribution is -0.117. The first-order valence-electron chi connectivity index (χ1n) is 8.77. The maximum Gasteiger partial charge on any atom is 0.231 e. The Morgan fingerprint density at radius 1 is 0.929 bits per heavy atom. The standard InChI is InChI=1S/C20H21N3O5/c1-13(24)21-15-3-6-17(7-4-15)23(14(2)25)10-9-20(26)22-16-5-8-18-19(11-16)28-12-27-18/h3-8,11H,9-10,12H2,1-2H3,(H,21,24)(H,22,26). The summed E-state index contributed by atoms with van der Waals surface area (Å²) in [4.78, 5) is 36.9. The fourth-order valence-electron chi connectivity index (χ4n) is 2.81. The predicted octanol–water partition coefficient (Wildman–Crippen LogP) is 2.76. The van der Waals surface area contributed by atoms with E-state index in [1.54, 1.807) is 42.5 Å². The van der Waals surface area contributed by atoms with Gasteiger partial charge in [-0.25, -0.2) is 0 Å². The van der Waals surface area contributed by atoms with Crippen LogP contribution >= 0.6 is 0 Å². The Kier molecular flexibility index (Phi) is 5.78. The maximum absolute atomic E-state index is 12.3. The predicted molar refractivity (Wildman–Crippen MR) is 105 cm³/mol. The molecule has 0 bridgehead atoms. The molecule has 0 spiro atoms. The van der Waals surface area contributed by atoms with E-state index in [4.69, 9.17) is 9.47 Å². The van der Waals surface area contributed by atoms with Gasteiger partial charge in [0.05, 0.1) is 0 Å². The number of rotatable bonds is 6. The van der Waals surface area contributed by atoms with Crippen LogP contribution in [0.15, 0.2) is 42.5 Å². The zero-order valence-electron chi connectivity index (χ0n) is 15.7. The largest absolute Gasteiger partial charge is 0.454 e. The highest BCUT2D eigenvalue weighted by atomic mass is 16.7. The molecule has 146 valence electrons. The molecular formula is C20H21N3O5. The lowest BCUT2D eigenvalue weighted by Gasteiger charge is -2.21. The number of benzene rings is 2. The lowest BCUT2D eigenvalue weighted by atomic mass is 10.2. The van der Waals surface area contributed by atoms with E-state index in [0.29, 0.717) is 28.6 Å². The maximum atomic E-state index is 12.3. The molecule has 0 saturated carbocycles. The van der Waals surface area contributed by atoms with Crippen molar-refractivity contribution >= 4 is 34.8 Å². The highest BCUT2D eigenvalue weighted by Crippen LogP contribution is 2.34. The number of nitrogens with zero attached hydrogens (tertiary/aromatic N) is 1. The minimum Gasteiger partial charge on any atom is -0.454 e. The molecule has 1 aliphatic rings. The van der Waals surface area contributed by atoms with Crippen molar-refractivity contribution in [2.75, 3.05) is 28.9 Å². The van der Waals surface area contributed by atoms with E-state index in [2.05, 4.69) is 10.6 Å². The average Bonchev–Trinajstić information content (AvgIpc) is 3.10. The SMILES string of the molecule is CC(=O)Nc1ccc(N(CCC(=O)Nc2ccc3c(c2)OCO3)C(C)=O)cc1. The van der Waals surface area contributed by atoms with Crippen LogP contribution in [0.2, 0.25) is 0 Å². The van der Waals surface area contributed by atoms with Crippen LogP contribution < -0.4 is 25.0 Å². The fraction of sp³-hybridized carbons (Fsp3) is 0.250. The van der Waals surface area contributed by atoms with Crippen LogP contribution in [-0.2, 0) is 14.4 Å². The molecule has 0 aromatic heterocycles. The van der Waals surface area contributed by atoms with Crippen LogP contribution in [0, 0.1) is 0 Å². The normalized spacial score (nSPS) is 11.6. The zero-order chi connectivity index (χ0) is 20.1. The van der Waals surface area contributed by atoms with Gasteiger partial charge >= 0.3 is 0 Å². The van der Waals surface area contributed by atoms with Crippen molar-refractivity contribution in [2.45, 2.75) is 20.3 Å². The van der Waals surface area contributed by atoms with Crippen molar-refractivity contribution in [1.29, 1.82) is 0 Å². The van der Waals surface area contributed by atoms with E-state index in [9.17, 15) is 14.4 Å². The first kappa shape index (κ1) is 19.2. The van der Waals surface area contributed by atoms with E-state index in [-0.39, 0.29) is 37.5 Å². The first-order valence-corrected chi connectivity index (χ1v) is 8.77. The molecule has 0 radical (unpaired) electrons. The van der Waals surface area contributed by atoms with Crippen LogP contribution in [0.5, 0.6) is 11.5 Å². The van der Waals surface area contributed by atoms with Gasteiger partial charge in [-0.3, -0.25) is 14.4 Å². The fourth-order valence-corrected chi connectivity index (χ4v) is 2.81. The minimum absolute atomic E-state index is 0.126. The van der Waals surface area contributed by atoms with Gasteiger partial charge in [0.2, 0.25) is 24.5 Å². The Balaban J connectivity index is 1.59.